The zero-order chi connectivity index (χ0) is 19.6. The number of carboxylic acid groups (broad SMARTS) is 1. The molecule has 0 radical (unpaired) electrons. The Morgan fingerprint density at radius 2 is 1.93 bits per heavy atom. The second-order valence-electron chi connectivity index (χ2n) is 5.30. The van der Waals surface area contributed by atoms with E-state index in [2.05, 4.69) is 14.5 Å². The molecule has 0 bridgehead atoms. The van der Waals surface area contributed by atoms with E-state index in [4.69, 9.17) is 5.11 Å². The van der Waals surface area contributed by atoms with Gasteiger partial charge in [-0.15, -0.1) is 0 Å². The molecule has 1 aromatic heterocycles. The van der Waals surface area contributed by atoms with Gasteiger partial charge in [0.15, 0.2) is 5.82 Å². The Morgan fingerprint density at radius 3 is 2.59 bits per heavy atom. The van der Waals surface area contributed by atoms with E-state index < -0.39 is 23.4 Å². The quantitative estimate of drug-likeness (QED) is 0.528. The lowest BCUT2D eigenvalue weighted by Crippen LogP contribution is -2.10. The second kappa shape index (κ2) is 7.54. The molecule has 0 amide bonds. The van der Waals surface area contributed by atoms with Gasteiger partial charge in [-0.1, -0.05) is 6.07 Å². The van der Waals surface area contributed by atoms with Gasteiger partial charge in [0.2, 0.25) is 5.13 Å². The maximum absolute atomic E-state index is 13.8. The Labute approximate surface area is 155 Å². The van der Waals surface area contributed by atoms with Gasteiger partial charge in [0.05, 0.1) is 17.3 Å². The van der Waals surface area contributed by atoms with E-state index >= 15 is 0 Å². The van der Waals surface area contributed by atoms with E-state index in [0.29, 0.717) is 0 Å². The summed E-state index contributed by atoms with van der Waals surface area (Å²) in [7, 11) is 1.50. The normalized spacial score (nSPS) is 11.1. The van der Waals surface area contributed by atoms with Crippen LogP contribution in [0, 0.1) is 17.5 Å². The van der Waals surface area contributed by atoms with Crippen molar-refractivity contribution < 1.29 is 23.1 Å². The van der Waals surface area contributed by atoms with Gasteiger partial charge >= 0.3 is 5.97 Å². The summed E-state index contributed by atoms with van der Waals surface area (Å²) in [6.07, 6.45) is 1.22. The fraction of sp³-hybridized carbons (Fsp3) is 0.0588. The summed E-state index contributed by atoms with van der Waals surface area (Å²) in [6.45, 7) is 0. The lowest BCUT2D eigenvalue weighted by molar-refractivity contribution is 0.0696. The number of hydrogen-bond donors (Lipinski definition) is 1. The van der Waals surface area contributed by atoms with Crippen LogP contribution in [0.4, 0.5) is 18.3 Å². The molecular weight excluding hydrogens is 381 g/mol. The summed E-state index contributed by atoms with van der Waals surface area (Å²) in [6, 6.07) is 6.70. The number of carbonyl (C=O) groups is 1. The Hall–Kier alpha value is -3.27. The Balaban J connectivity index is 1.86. The molecule has 0 saturated carbocycles. The molecule has 1 N–H and O–H groups in total. The maximum atomic E-state index is 13.8. The van der Waals surface area contributed by atoms with Gasteiger partial charge in [-0.3, -0.25) is 0 Å². The highest BCUT2D eigenvalue weighted by Crippen LogP contribution is 2.27. The highest BCUT2D eigenvalue weighted by atomic mass is 32.1. The van der Waals surface area contributed by atoms with E-state index in [1.54, 1.807) is 0 Å². The monoisotopic (exact) mass is 392 g/mol. The van der Waals surface area contributed by atoms with Crippen molar-refractivity contribution in [3.05, 3.63) is 65.0 Å². The first-order valence-corrected chi connectivity index (χ1v) is 8.23. The molecule has 27 heavy (non-hydrogen) atoms. The first-order chi connectivity index (χ1) is 12.9. The van der Waals surface area contributed by atoms with Crippen molar-refractivity contribution >= 4 is 28.8 Å². The van der Waals surface area contributed by atoms with Gasteiger partial charge in [0, 0.05) is 24.1 Å². The predicted octanol–water partition coefficient (Wildman–Crippen LogP) is 3.79. The minimum atomic E-state index is -1.30. The molecule has 0 atom stereocenters. The predicted molar refractivity (Wildman–Crippen MR) is 94.6 cm³/mol. The third kappa shape index (κ3) is 3.95. The maximum Gasteiger partial charge on any atom is 0.336 e. The molecule has 0 saturated heterocycles. The van der Waals surface area contributed by atoms with Crippen molar-refractivity contribution in [1.29, 1.82) is 0 Å². The molecule has 138 valence electrons. The summed E-state index contributed by atoms with van der Waals surface area (Å²) in [4.78, 5) is 15.2. The van der Waals surface area contributed by atoms with Crippen LogP contribution < -0.4 is 5.01 Å². The first-order valence-electron chi connectivity index (χ1n) is 7.45. The van der Waals surface area contributed by atoms with Gasteiger partial charge < -0.3 is 5.11 Å². The van der Waals surface area contributed by atoms with Crippen LogP contribution >= 0.6 is 11.5 Å². The van der Waals surface area contributed by atoms with Crippen LogP contribution in [0.3, 0.4) is 0 Å². The first kappa shape index (κ1) is 18.5. The number of hydrazone groups is 1. The van der Waals surface area contributed by atoms with Crippen LogP contribution in [0.5, 0.6) is 0 Å². The van der Waals surface area contributed by atoms with Crippen LogP contribution in [0.2, 0.25) is 0 Å². The fourth-order valence-electron chi connectivity index (χ4n) is 2.18. The minimum absolute atomic E-state index is 0.124. The fourth-order valence-corrected chi connectivity index (χ4v) is 2.78. The van der Waals surface area contributed by atoms with Gasteiger partial charge in [-0.2, -0.15) is 14.5 Å². The van der Waals surface area contributed by atoms with Gasteiger partial charge in [0.25, 0.3) is 0 Å². The number of hydrogen-bond acceptors (Lipinski definition) is 6. The van der Waals surface area contributed by atoms with Crippen LogP contribution in [0.15, 0.2) is 41.5 Å². The zero-order valence-corrected chi connectivity index (χ0v) is 14.5. The number of aromatic nitrogens is 2. The van der Waals surface area contributed by atoms with Crippen LogP contribution in [-0.2, 0) is 0 Å². The largest absolute Gasteiger partial charge is 0.478 e. The lowest BCUT2D eigenvalue weighted by atomic mass is 10.1. The standard InChI is InChI=1S/C17H11F3N4O2S/c1-24(21-8-9-5-6-10(18)7-11(9)16(25)26)17-22-15(23-27-17)14-12(19)3-2-4-13(14)20/h2-8H,1H3,(H,25,26)/b21-8+. The van der Waals surface area contributed by atoms with Crippen LogP contribution in [-0.4, -0.2) is 33.7 Å². The zero-order valence-electron chi connectivity index (χ0n) is 13.7. The van der Waals surface area contributed by atoms with E-state index in [1.807, 2.05) is 0 Å². The van der Waals surface area contributed by atoms with E-state index in [0.717, 1.165) is 35.8 Å². The van der Waals surface area contributed by atoms with E-state index in [1.165, 1.54) is 30.4 Å². The highest BCUT2D eigenvalue weighted by Gasteiger charge is 2.17. The molecule has 3 aromatic rings. The molecule has 2 aromatic carbocycles. The lowest BCUT2D eigenvalue weighted by Gasteiger charge is -2.08. The van der Waals surface area contributed by atoms with E-state index in [9.17, 15) is 18.0 Å². The van der Waals surface area contributed by atoms with Crippen molar-refractivity contribution in [2.45, 2.75) is 0 Å². The van der Waals surface area contributed by atoms with Gasteiger partial charge in [-0.05, 0) is 30.3 Å². The Morgan fingerprint density at radius 1 is 1.22 bits per heavy atom. The molecule has 0 spiro atoms. The van der Waals surface area contributed by atoms with Crippen molar-refractivity contribution in [2.24, 2.45) is 5.10 Å². The molecule has 1 heterocycles. The summed E-state index contributed by atoms with van der Waals surface area (Å²) < 4.78 is 44.8. The smallest absolute Gasteiger partial charge is 0.336 e. The molecule has 0 fully saturated rings. The number of halogens is 3. The molecule has 0 unspecified atom stereocenters. The number of rotatable bonds is 5. The van der Waals surface area contributed by atoms with Gasteiger partial charge in [0.1, 0.15) is 17.5 Å². The van der Waals surface area contributed by atoms with Crippen molar-refractivity contribution in [2.75, 3.05) is 12.1 Å². The molecule has 10 heteroatoms. The van der Waals surface area contributed by atoms with Crippen molar-refractivity contribution in [3.8, 4) is 11.4 Å². The Bertz CT molecular complexity index is 1020. The summed E-state index contributed by atoms with van der Waals surface area (Å²) in [5.74, 6) is -3.68. The SMILES string of the molecule is CN(/N=C/c1ccc(F)cc1C(=O)O)c1nc(-c2c(F)cccc2F)ns1. The second-order valence-corrected chi connectivity index (χ2v) is 6.03. The molecule has 0 aliphatic carbocycles. The van der Waals surface area contributed by atoms with Crippen molar-refractivity contribution in [1.82, 2.24) is 9.36 Å². The number of aromatic carboxylic acids is 1. The third-order valence-corrected chi connectivity index (χ3v) is 4.28. The van der Waals surface area contributed by atoms with Crippen LogP contribution in [0.1, 0.15) is 15.9 Å². The molecular formula is C17H11F3N4O2S. The molecule has 0 aliphatic rings. The summed E-state index contributed by atoms with van der Waals surface area (Å²) in [5.41, 5.74) is -0.414. The average molecular weight is 392 g/mol. The van der Waals surface area contributed by atoms with Crippen molar-refractivity contribution in [3.63, 3.8) is 0 Å². The molecule has 6 nitrogen and oxygen atoms in total. The summed E-state index contributed by atoms with van der Waals surface area (Å²) >= 11 is 0.859. The topological polar surface area (TPSA) is 78.7 Å². The number of anilines is 1. The Kier molecular flexibility index (Phi) is 5.17. The molecule has 3 rings (SSSR count). The van der Waals surface area contributed by atoms with E-state index in [-0.39, 0.29) is 27.6 Å². The summed E-state index contributed by atoms with van der Waals surface area (Å²) in [5, 5.41) is 14.6. The minimum Gasteiger partial charge on any atom is -0.478 e. The van der Waals surface area contributed by atoms with Crippen LogP contribution in [0.25, 0.3) is 11.4 Å². The highest BCUT2D eigenvalue weighted by molar-refractivity contribution is 7.09. The number of benzene rings is 2. The van der Waals surface area contributed by atoms with Gasteiger partial charge in [-0.25, -0.2) is 23.0 Å². The number of nitrogens with zero attached hydrogens (tertiary/aromatic N) is 4. The average Bonchev–Trinajstić information content (AvgIpc) is 3.10. The molecule has 0 aliphatic heterocycles. The number of carboxylic acids is 1. The third-order valence-electron chi connectivity index (χ3n) is 3.49.